The number of nitrogens with one attached hydrogen (secondary N) is 1. The van der Waals surface area contributed by atoms with Gasteiger partial charge in [0, 0.05) is 0 Å². The van der Waals surface area contributed by atoms with E-state index < -0.39 is 11.7 Å². The lowest BCUT2D eigenvalue weighted by Gasteiger charge is -2.02. The minimum absolute atomic E-state index is 0.0662. The molecule has 1 amide bonds. The lowest BCUT2D eigenvalue weighted by molar-refractivity contribution is 0.0537. The Balaban J connectivity index is 2.99. The molecule has 0 bridgehead atoms. The van der Waals surface area contributed by atoms with Crippen LogP contribution < -0.4 is 5.48 Å². The van der Waals surface area contributed by atoms with Gasteiger partial charge in [-0.1, -0.05) is 11.6 Å². The molecule has 0 aliphatic rings. The lowest BCUT2D eigenvalue weighted by atomic mass is 10.3. The van der Waals surface area contributed by atoms with Crippen molar-refractivity contribution in [2.45, 2.75) is 0 Å². The van der Waals surface area contributed by atoms with Gasteiger partial charge in [-0.15, -0.1) is 0 Å². The number of amides is 1. The first-order valence-electron chi connectivity index (χ1n) is 3.29. The molecule has 0 saturated heterocycles. The molecule has 0 saturated carbocycles. The van der Waals surface area contributed by atoms with E-state index in [2.05, 4.69) is 9.82 Å². The van der Waals surface area contributed by atoms with Gasteiger partial charge in [0.15, 0.2) is 0 Å². The van der Waals surface area contributed by atoms with Crippen LogP contribution in [0.15, 0.2) is 12.3 Å². The second-order valence-corrected chi connectivity index (χ2v) is 2.49. The van der Waals surface area contributed by atoms with Gasteiger partial charge in [-0.25, -0.2) is 14.9 Å². The number of halogens is 2. The third-order valence-corrected chi connectivity index (χ3v) is 1.55. The van der Waals surface area contributed by atoms with Crippen molar-refractivity contribution in [1.82, 2.24) is 10.5 Å². The van der Waals surface area contributed by atoms with Crippen LogP contribution in [0.4, 0.5) is 4.39 Å². The molecule has 6 heteroatoms. The van der Waals surface area contributed by atoms with Crippen LogP contribution in [-0.4, -0.2) is 18.0 Å². The molecule has 0 unspecified atom stereocenters. The Morgan fingerprint density at radius 2 is 2.46 bits per heavy atom. The van der Waals surface area contributed by atoms with Crippen molar-refractivity contribution in [3.05, 3.63) is 28.8 Å². The fourth-order valence-electron chi connectivity index (χ4n) is 0.729. The van der Waals surface area contributed by atoms with Crippen molar-refractivity contribution < 1.29 is 14.0 Å². The third-order valence-electron chi connectivity index (χ3n) is 1.25. The number of aromatic nitrogens is 1. The standard InChI is InChI=1S/C7H6ClFN2O2/c1-13-11-7(12)5-2-4(9)3-10-6(5)8/h2-3H,1H3,(H,11,12). The quantitative estimate of drug-likeness (QED) is 0.581. The van der Waals surface area contributed by atoms with E-state index in [0.717, 1.165) is 12.3 Å². The van der Waals surface area contributed by atoms with Crippen molar-refractivity contribution in [2.24, 2.45) is 0 Å². The molecule has 4 nitrogen and oxygen atoms in total. The number of rotatable bonds is 2. The van der Waals surface area contributed by atoms with E-state index in [0.29, 0.717) is 0 Å². The number of hydrogen-bond donors (Lipinski definition) is 1. The van der Waals surface area contributed by atoms with E-state index in [-0.39, 0.29) is 10.7 Å². The van der Waals surface area contributed by atoms with Crippen molar-refractivity contribution in [1.29, 1.82) is 0 Å². The summed E-state index contributed by atoms with van der Waals surface area (Å²) in [5, 5.41) is -0.0732. The average Bonchev–Trinajstić information content (AvgIpc) is 2.09. The van der Waals surface area contributed by atoms with Crippen molar-refractivity contribution >= 4 is 17.5 Å². The molecule has 1 heterocycles. The fourth-order valence-corrected chi connectivity index (χ4v) is 0.919. The van der Waals surface area contributed by atoms with Crippen molar-refractivity contribution in [3.8, 4) is 0 Å². The van der Waals surface area contributed by atoms with Crippen LogP contribution in [0, 0.1) is 5.82 Å². The molecule has 0 aliphatic carbocycles. The molecule has 1 aromatic rings. The maximum atomic E-state index is 12.6. The predicted molar refractivity (Wildman–Crippen MR) is 43.7 cm³/mol. The van der Waals surface area contributed by atoms with Gasteiger partial charge in [0.1, 0.15) is 11.0 Å². The highest BCUT2D eigenvalue weighted by Gasteiger charge is 2.11. The molecular weight excluding hydrogens is 199 g/mol. The zero-order chi connectivity index (χ0) is 9.84. The highest BCUT2D eigenvalue weighted by Crippen LogP contribution is 2.13. The first-order valence-corrected chi connectivity index (χ1v) is 3.67. The van der Waals surface area contributed by atoms with Gasteiger partial charge in [-0.05, 0) is 6.07 Å². The number of carbonyl (C=O) groups excluding carboxylic acids is 1. The summed E-state index contributed by atoms with van der Waals surface area (Å²) >= 11 is 5.53. The molecule has 70 valence electrons. The smallest absolute Gasteiger partial charge is 0.277 e. The van der Waals surface area contributed by atoms with Gasteiger partial charge in [-0.2, -0.15) is 0 Å². The van der Waals surface area contributed by atoms with Crippen LogP contribution in [0.25, 0.3) is 0 Å². The van der Waals surface area contributed by atoms with Gasteiger partial charge in [0.2, 0.25) is 0 Å². The lowest BCUT2D eigenvalue weighted by Crippen LogP contribution is -2.22. The molecule has 0 aliphatic heterocycles. The van der Waals surface area contributed by atoms with E-state index in [1.165, 1.54) is 7.11 Å². The Morgan fingerprint density at radius 3 is 3.08 bits per heavy atom. The van der Waals surface area contributed by atoms with E-state index in [1.807, 2.05) is 5.48 Å². The molecule has 1 aromatic heterocycles. The van der Waals surface area contributed by atoms with Gasteiger partial charge >= 0.3 is 0 Å². The van der Waals surface area contributed by atoms with Crippen molar-refractivity contribution in [3.63, 3.8) is 0 Å². The first kappa shape index (κ1) is 9.88. The molecule has 1 rings (SSSR count). The van der Waals surface area contributed by atoms with Crippen LogP contribution in [-0.2, 0) is 4.84 Å². The Bertz CT molecular complexity index is 332. The van der Waals surface area contributed by atoms with Gasteiger partial charge in [0.25, 0.3) is 5.91 Å². The SMILES string of the molecule is CONC(=O)c1cc(F)cnc1Cl. The van der Waals surface area contributed by atoms with Gasteiger partial charge in [0.05, 0.1) is 18.9 Å². The Kier molecular flexibility index (Phi) is 3.16. The predicted octanol–water partition coefficient (Wildman–Crippen LogP) is 1.17. The second-order valence-electron chi connectivity index (χ2n) is 2.13. The zero-order valence-corrected chi connectivity index (χ0v) is 7.43. The monoisotopic (exact) mass is 204 g/mol. The van der Waals surface area contributed by atoms with Crippen LogP contribution in [0.1, 0.15) is 10.4 Å². The summed E-state index contributed by atoms with van der Waals surface area (Å²) in [6, 6.07) is 0.976. The summed E-state index contributed by atoms with van der Waals surface area (Å²) in [5.41, 5.74) is 1.93. The largest absolute Gasteiger partial charge is 0.278 e. The maximum absolute atomic E-state index is 12.6. The highest BCUT2D eigenvalue weighted by atomic mass is 35.5. The molecule has 0 fully saturated rings. The molecule has 0 atom stereocenters. The number of nitrogens with zero attached hydrogens (tertiary/aromatic N) is 1. The van der Waals surface area contributed by atoms with E-state index in [9.17, 15) is 9.18 Å². The van der Waals surface area contributed by atoms with E-state index >= 15 is 0 Å². The summed E-state index contributed by atoms with van der Waals surface area (Å²) in [6.07, 6.45) is 0.923. The Morgan fingerprint density at radius 1 is 1.77 bits per heavy atom. The highest BCUT2D eigenvalue weighted by molar-refractivity contribution is 6.32. The normalized spacial score (nSPS) is 9.77. The zero-order valence-electron chi connectivity index (χ0n) is 6.67. The first-order chi connectivity index (χ1) is 6.15. The Labute approximate surface area is 78.6 Å². The average molecular weight is 205 g/mol. The van der Waals surface area contributed by atoms with Crippen LogP contribution in [0.5, 0.6) is 0 Å². The van der Waals surface area contributed by atoms with Crippen LogP contribution in [0.3, 0.4) is 0 Å². The summed E-state index contributed by atoms with van der Waals surface area (Å²) in [4.78, 5) is 18.9. The number of hydroxylamine groups is 1. The van der Waals surface area contributed by atoms with E-state index in [4.69, 9.17) is 11.6 Å². The molecule has 13 heavy (non-hydrogen) atoms. The topological polar surface area (TPSA) is 51.2 Å². The summed E-state index contributed by atoms with van der Waals surface area (Å²) in [7, 11) is 1.26. The molecule has 0 spiro atoms. The number of hydrogen-bond acceptors (Lipinski definition) is 3. The van der Waals surface area contributed by atoms with Crippen LogP contribution in [0.2, 0.25) is 5.15 Å². The summed E-state index contributed by atoms with van der Waals surface area (Å²) < 4.78 is 12.6. The maximum Gasteiger partial charge on any atom is 0.278 e. The number of carbonyl (C=O) groups is 1. The summed E-state index contributed by atoms with van der Waals surface area (Å²) in [6.45, 7) is 0. The van der Waals surface area contributed by atoms with Gasteiger partial charge < -0.3 is 0 Å². The number of pyridine rings is 1. The third kappa shape index (κ3) is 2.37. The van der Waals surface area contributed by atoms with E-state index in [1.54, 1.807) is 0 Å². The molecular formula is C7H6ClFN2O2. The summed E-state index contributed by atoms with van der Waals surface area (Å²) in [5.74, 6) is -1.27. The van der Waals surface area contributed by atoms with Crippen molar-refractivity contribution in [2.75, 3.05) is 7.11 Å². The Hall–Kier alpha value is -1.20. The molecule has 0 aromatic carbocycles. The second kappa shape index (κ2) is 4.15. The minimum Gasteiger partial charge on any atom is -0.277 e. The molecule has 0 radical (unpaired) electrons. The fraction of sp³-hybridized carbons (Fsp3) is 0.143. The molecule has 1 N–H and O–H groups in total. The van der Waals surface area contributed by atoms with Gasteiger partial charge in [-0.3, -0.25) is 9.63 Å². The van der Waals surface area contributed by atoms with Crippen LogP contribution >= 0.6 is 11.6 Å². The minimum atomic E-state index is -0.639.